The van der Waals surface area contributed by atoms with Crippen LogP contribution in [0.1, 0.15) is 29.6 Å². The van der Waals surface area contributed by atoms with E-state index in [4.69, 9.17) is 9.47 Å². The number of amides is 1. The third-order valence-corrected chi connectivity index (χ3v) is 4.00. The first-order chi connectivity index (χ1) is 10.1. The van der Waals surface area contributed by atoms with E-state index in [2.05, 4.69) is 5.32 Å². The van der Waals surface area contributed by atoms with Crippen molar-refractivity contribution in [3.63, 3.8) is 0 Å². The number of halogens is 2. The minimum atomic E-state index is -1.02. The second kappa shape index (κ2) is 6.07. The van der Waals surface area contributed by atoms with Gasteiger partial charge < -0.3 is 14.8 Å². The van der Waals surface area contributed by atoms with E-state index < -0.39 is 17.5 Å². The normalized spacial score (nSPS) is 28.8. The van der Waals surface area contributed by atoms with Crippen LogP contribution >= 0.6 is 0 Å². The lowest BCUT2D eigenvalue weighted by molar-refractivity contribution is -0.157. The van der Waals surface area contributed by atoms with Gasteiger partial charge in [0.1, 0.15) is 0 Å². The van der Waals surface area contributed by atoms with Gasteiger partial charge in [-0.2, -0.15) is 0 Å². The third kappa shape index (κ3) is 3.22. The molecule has 3 rings (SSSR count). The van der Waals surface area contributed by atoms with Crippen molar-refractivity contribution in [2.24, 2.45) is 0 Å². The lowest BCUT2D eigenvalue weighted by Gasteiger charge is -2.39. The summed E-state index contributed by atoms with van der Waals surface area (Å²) in [5, 5.41) is 2.85. The molecule has 0 spiro atoms. The van der Waals surface area contributed by atoms with Crippen molar-refractivity contribution in [2.75, 3.05) is 13.2 Å². The molecule has 1 amide bonds. The van der Waals surface area contributed by atoms with E-state index in [1.165, 1.54) is 6.07 Å². The molecule has 1 aromatic carbocycles. The highest BCUT2D eigenvalue weighted by molar-refractivity contribution is 5.94. The van der Waals surface area contributed by atoms with Crippen LogP contribution in [-0.4, -0.2) is 37.4 Å². The first-order valence-electron chi connectivity index (χ1n) is 7.12. The molecule has 2 aliphatic rings. The van der Waals surface area contributed by atoms with Crippen LogP contribution in [0.2, 0.25) is 0 Å². The maximum Gasteiger partial charge on any atom is 0.251 e. The van der Waals surface area contributed by atoms with Gasteiger partial charge in [-0.15, -0.1) is 0 Å². The smallest absolute Gasteiger partial charge is 0.251 e. The summed E-state index contributed by atoms with van der Waals surface area (Å²) in [5.41, 5.74) is 0.122. The maximum absolute atomic E-state index is 13.1. The summed E-state index contributed by atoms with van der Waals surface area (Å²) >= 11 is 0. The van der Waals surface area contributed by atoms with Crippen LogP contribution in [0.5, 0.6) is 0 Å². The highest BCUT2D eigenvalue weighted by Gasteiger charge is 2.34. The van der Waals surface area contributed by atoms with E-state index in [1.54, 1.807) is 0 Å². The van der Waals surface area contributed by atoms with Gasteiger partial charge in [0, 0.05) is 11.6 Å². The molecule has 2 fully saturated rings. The van der Waals surface area contributed by atoms with Crippen molar-refractivity contribution in [3.05, 3.63) is 35.4 Å². The van der Waals surface area contributed by atoms with E-state index in [1.807, 2.05) is 0 Å². The van der Waals surface area contributed by atoms with Gasteiger partial charge in [-0.3, -0.25) is 4.79 Å². The average molecular weight is 297 g/mol. The zero-order valence-corrected chi connectivity index (χ0v) is 11.5. The van der Waals surface area contributed by atoms with E-state index in [9.17, 15) is 13.6 Å². The summed E-state index contributed by atoms with van der Waals surface area (Å²) in [5.74, 6) is -2.37. The number of benzene rings is 1. The number of nitrogens with one attached hydrogen (secondary N) is 1. The molecular weight excluding hydrogens is 280 g/mol. The zero-order chi connectivity index (χ0) is 14.8. The Balaban J connectivity index is 1.61. The van der Waals surface area contributed by atoms with Crippen LogP contribution in [0, 0.1) is 11.6 Å². The average Bonchev–Trinajstić information content (AvgIpc) is 2.50. The Morgan fingerprint density at radius 1 is 1.10 bits per heavy atom. The van der Waals surface area contributed by atoms with E-state index in [0.29, 0.717) is 19.6 Å². The van der Waals surface area contributed by atoms with Gasteiger partial charge in [-0.1, -0.05) is 0 Å². The van der Waals surface area contributed by atoms with E-state index in [0.717, 1.165) is 25.0 Å². The second-order valence-electron chi connectivity index (χ2n) is 5.43. The number of carbonyl (C=O) groups excluding carboxylic acids is 1. The summed E-state index contributed by atoms with van der Waals surface area (Å²) in [6.07, 6.45) is 2.41. The van der Waals surface area contributed by atoms with Gasteiger partial charge in [0.25, 0.3) is 5.91 Å². The molecule has 1 saturated carbocycles. The van der Waals surface area contributed by atoms with Crippen molar-refractivity contribution in [3.8, 4) is 0 Å². The topological polar surface area (TPSA) is 47.6 Å². The molecule has 0 unspecified atom stereocenters. The molecular formula is C15H17F2NO3. The lowest BCUT2D eigenvalue weighted by Crippen LogP contribution is -2.49. The summed E-state index contributed by atoms with van der Waals surface area (Å²) in [7, 11) is 0. The molecule has 3 atom stereocenters. The molecule has 0 aromatic heterocycles. The number of rotatable bonds is 2. The number of hydrogen-bond acceptors (Lipinski definition) is 3. The summed E-state index contributed by atoms with van der Waals surface area (Å²) in [4.78, 5) is 12.1. The fraction of sp³-hybridized carbons (Fsp3) is 0.533. The Labute approximate surface area is 121 Å². The van der Waals surface area contributed by atoms with Gasteiger partial charge in [0.2, 0.25) is 0 Å². The quantitative estimate of drug-likeness (QED) is 0.908. The predicted octanol–water partition coefficient (Wildman–Crippen LogP) is 2.03. The minimum Gasteiger partial charge on any atom is -0.373 e. The monoisotopic (exact) mass is 297 g/mol. The van der Waals surface area contributed by atoms with Crippen molar-refractivity contribution >= 4 is 5.91 Å². The largest absolute Gasteiger partial charge is 0.373 e. The SMILES string of the molecule is O=C(N[C@@H]1CC[C@H]2OCCO[C@H]2C1)c1ccc(F)c(F)c1. The number of carbonyl (C=O) groups is 1. The van der Waals surface area contributed by atoms with Gasteiger partial charge in [0.05, 0.1) is 25.4 Å². The maximum atomic E-state index is 13.1. The summed E-state index contributed by atoms with van der Waals surface area (Å²) < 4.78 is 37.3. The number of fused-ring (bicyclic) bond motifs is 1. The molecule has 0 radical (unpaired) electrons. The van der Waals surface area contributed by atoms with Gasteiger partial charge >= 0.3 is 0 Å². The van der Waals surface area contributed by atoms with Crippen LogP contribution in [0.15, 0.2) is 18.2 Å². The zero-order valence-electron chi connectivity index (χ0n) is 11.5. The minimum absolute atomic E-state index is 0.00255. The lowest BCUT2D eigenvalue weighted by atomic mass is 9.89. The fourth-order valence-electron chi connectivity index (χ4n) is 2.90. The Morgan fingerprint density at radius 3 is 2.62 bits per heavy atom. The van der Waals surface area contributed by atoms with E-state index >= 15 is 0 Å². The van der Waals surface area contributed by atoms with Crippen molar-refractivity contribution < 1.29 is 23.0 Å². The Kier molecular flexibility index (Phi) is 4.17. The van der Waals surface area contributed by atoms with E-state index in [-0.39, 0.29) is 23.8 Å². The van der Waals surface area contributed by atoms with Crippen LogP contribution in [0.25, 0.3) is 0 Å². The molecule has 1 saturated heterocycles. The predicted molar refractivity (Wildman–Crippen MR) is 70.9 cm³/mol. The number of hydrogen-bond donors (Lipinski definition) is 1. The molecule has 114 valence electrons. The molecule has 21 heavy (non-hydrogen) atoms. The second-order valence-corrected chi connectivity index (χ2v) is 5.43. The van der Waals surface area contributed by atoms with Crippen LogP contribution < -0.4 is 5.32 Å². The molecule has 1 aromatic rings. The van der Waals surface area contributed by atoms with Crippen molar-refractivity contribution in [1.82, 2.24) is 5.32 Å². The fourth-order valence-corrected chi connectivity index (χ4v) is 2.90. The first-order valence-corrected chi connectivity index (χ1v) is 7.12. The molecule has 1 heterocycles. The summed E-state index contributed by atoms with van der Waals surface area (Å²) in [6, 6.07) is 3.11. The molecule has 1 aliphatic heterocycles. The Hall–Kier alpha value is -1.53. The van der Waals surface area contributed by atoms with Gasteiger partial charge in [-0.25, -0.2) is 8.78 Å². The molecule has 0 bridgehead atoms. The third-order valence-electron chi connectivity index (χ3n) is 4.00. The number of ether oxygens (including phenoxy) is 2. The van der Waals surface area contributed by atoms with Crippen LogP contribution in [0.3, 0.4) is 0 Å². The molecule has 1 N–H and O–H groups in total. The highest BCUT2D eigenvalue weighted by Crippen LogP contribution is 2.27. The van der Waals surface area contributed by atoms with Crippen LogP contribution in [0.4, 0.5) is 8.78 Å². The molecule has 6 heteroatoms. The Morgan fingerprint density at radius 2 is 1.86 bits per heavy atom. The molecule has 4 nitrogen and oxygen atoms in total. The van der Waals surface area contributed by atoms with Gasteiger partial charge in [-0.05, 0) is 37.5 Å². The highest BCUT2D eigenvalue weighted by atomic mass is 19.2. The summed E-state index contributed by atoms with van der Waals surface area (Å²) in [6.45, 7) is 1.19. The van der Waals surface area contributed by atoms with Crippen LogP contribution in [-0.2, 0) is 9.47 Å². The Bertz CT molecular complexity index is 538. The van der Waals surface area contributed by atoms with Gasteiger partial charge in [0.15, 0.2) is 11.6 Å². The van der Waals surface area contributed by atoms with Crippen molar-refractivity contribution in [1.29, 1.82) is 0 Å². The van der Waals surface area contributed by atoms with Crippen molar-refractivity contribution in [2.45, 2.75) is 37.5 Å². The standard InChI is InChI=1S/C15H17F2NO3/c16-11-3-1-9(7-12(11)17)15(19)18-10-2-4-13-14(8-10)21-6-5-20-13/h1,3,7,10,13-14H,2,4-6,8H2,(H,18,19)/t10-,13-,14+/m1/s1. The molecule has 1 aliphatic carbocycles. The first kappa shape index (κ1) is 14.4.